The lowest BCUT2D eigenvalue weighted by atomic mass is 10.0. The van der Waals surface area contributed by atoms with Gasteiger partial charge in [-0.3, -0.25) is 0 Å². The Kier molecular flexibility index (Phi) is 4.38. The van der Waals surface area contributed by atoms with Crippen LogP contribution in [0.25, 0.3) is 16.8 Å². The summed E-state index contributed by atoms with van der Waals surface area (Å²) in [5, 5.41) is 4.42. The van der Waals surface area contributed by atoms with Crippen LogP contribution in [0.5, 0.6) is 0 Å². The molecular weight excluding hydrogens is 324 g/mol. The quantitative estimate of drug-likeness (QED) is 0.785. The summed E-state index contributed by atoms with van der Waals surface area (Å²) in [6.07, 6.45) is 3.74. The fourth-order valence-electron chi connectivity index (χ4n) is 3.67. The average molecular weight is 350 g/mol. The molecule has 2 aromatic heterocycles. The van der Waals surface area contributed by atoms with E-state index in [4.69, 9.17) is 5.73 Å². The third-order valence-electron chi connectivity index (χ3n) is 5.55. The number of fused-ring (bicyclic) bond motifs is 1. The number of hydrogen-bond acceptors (Lipinski definition) is 5. The van der Waals surface area contributed by atoms with Gasteiger partial charge in [0.1, 0.15) is 6.33 Å². The third kappa shape index (κ3) is 2.95. The Balaban J connectivity index is 1.73. The van der Waals surface area contributed by atoms with Crippen molar-refractivity contribution in [3.05, 3.63) is 47.9 Å². The van der Waals surface area contributed by atoms with Gasteiger partial charge in [-0.15, -0.1) is 0 Å². The molecule has 1 atom stereocenters. The van der Waals surface area contributed by atoms with Gasteiger partial charge in [-0.1, -0.05) is 12.1 Å². The summed E-state index contributed by atoms with van der Waals surface area (Å²) in [7, 11) is 2.19. The standard InChI is InChI=1S/C20H26N6/c1-14-8-16(4-5-17(14)10-21)20-19-9-18(12-26(19)23-13-22-20)25-7-6-24(3)15(2)11-25/h4-5,8-9,12-13,15H,6-7,10-11,21H2,1-3H3. The molecule has 136 valence electrons. The van der Waals surface area contributed by atoms with Gasteiger partial charge in [-0.25, -0.2) is 9.50 Å². The Morgan fingerprint density at radius 1 is 1.23 bits per heavy atom. The van der Waals surface area contributed by atoms with Crippen LogP contribution in [0.3, 0.4) is 0 Å². The van der Waals surface area contributed by atoms with Crippen molar-refractivity contribution in [3.8, 4) is 11.3 Å². The topological polar surface area (TPSA) is 62.7 Å². The van der Waals surface area contributed by atoms with E-state index in [1.54, 1.807) is 6.33 Å². The molecule has 0 bridgehead atoms. The second kappa shape index (κ2) is 6.70. The Morgan fingerprint density at radius 2 is 2.08 bits per heavy atom. The van der Waals surface area contributed by atoms with E-state index < -0.39 is 0 Å². The first-order valence-corrected chi connectivity index (χ1v) is 9.15. The SMILES string of the molecule is Cc1cc(-c2ncnn3cc(N4CCN(C)C(C)C4)cc23)ccc1CN. The lowest BCUT2D eigenvalue weighted by Gasteiger charge is -2.38. The number of anilines is 1. The molecule has 1 aliphatic heterocycles. The predicted molar refractivity (Wildman–Crippen MR) is 105 cm³/mol. The number of piperazine rings is 1. The van der Waals surface area contributed by atoms with E-state index >= 15 is 0 Å². The predicted octanol–water partition coefficient (Wildman–Crippen LogP) is 2.30. The minimum absolute atomic E-state index is 0.545. The van der Waals surface area contributed by atoms with Crippen LogP contribution in [0.1, 0.15) is 18.1 Å². The highest BCUT2D eigenvalue weighted by Crippen LogP contribution is 2.28. The van der Waals surface area contributed by atoms with Crippen LogP contribution < -0.4 is 10.6 Å². The number of aryl methyl sites for hydroxylation is 1. The zero-order chi connectivity index (χ0) is 18.3. The highest BCUT2D eigenvalue weighted by atomic mass is 15.3. The van der Waals surface area contributed by atoms with Crippen LogP contribution >= 0.6 is 0 Å². The van der Waals surface area contributed by atoms with Crippen molar-refractivity contribution in [1.82, 2.24) is 19.5 Å². The van der Waals surface area contributed by atoms with Gasteiger partial charge >= 0.3 is 0 Å². The molecule has 0 saturated carbocycles. The van der Waals surface area contributed by atoms with Crippen LogP contribution in [0.4, 0.5) is 5.69 Å². The van der Waals surface area contributed by atoms with Crippen molar-refractivity contribution in [1.29, 1.82) is 0 Å². The monoisotopic (exact) mass is 350 g/mol. The molecule has 0 aliphatic carbocycles. The second-order valence-corrected chi connectivity index (χ2v) is 7.26. The van der Waals surface area contributed by atoms with Gasteiger partial charge in [0.25, 0.3) is 0 Å². The Morgan fingerprint density at radius 3 is 2.81 bits per heavy atom. The molecule has 1 aliphatic rings. The normalized spacial score (nSPS) is 18.6. The molecule has 1 aromatic carbocycles. The number of likely N-dealkylation sites (N-methyl/N-ethyl adjacent to an activating group) is 1. The summed E-state index contributed by atoms with van der Waals surface area (Å²) < 4.78 is 1.94. The van der Waals surface area contributed by atoms with E-state index in [2.05, 4.69) is 71.2 Å². The van der Waals surface area contributed by atoms with Crippen LogP contribution in [0.15, 0.2) is 36.8 Å². The maximum absolute atomic E-state index is 5.80. The summed E-state index contributed by atoms with van der Waals surface area (Å²) in [4.78, 5) is 9.41. The first-order valence-electron chi connectivity index (χ1n) is 9.15. The van der Waals surface area contributed by atoms with Crippen LogP contribution in [-0.4, -0.2) is 52.2 Å². The highest BCUT2D eigenvalue weighted by Gasteiger charge is 2.22. The van der Waals surface area contributed by atoms with Gasteiger partial charge < -0.3 is 15.5 Å². The highest BCUT2D eigenvalue weighted by molar-refractivity contribution is 5.80. The molecule has 4 rings (SSSR count). The van der Waals surface area contributed by atoms with E-state index in [1.165, 1.54) is 16.8 Å². The van der Waals surface area contributed by atoms with Crippen molar-refractivity contribution in [3.63, 3.8) is 0 Å². The van der Waals surface area contributed by atoms with Crippen LogP contribution in [-0.2, 0) is 6.54 Å². The zero-order valence-electron chi connectivity index (χ0n) is 15.7. The van der Waals surface area contributed by atoms with Gasteiger partial charge in [0, 0.05) is 37.8 Å². The number of aromatic nitrogens is 3. The van der Waals surface area contributed by atoms with E-state index in [1.807, 2.05) is 4.52 Å². The lowest BCUT2D eigenvalue weighted by molar-refractivity contribution is 0.234. The van der Waals surface area contributed by atoms with E-state index in [0.29, 0.717) is 12.6 Å². The molecule has 6 heteroatoms. The first kappa shape index (κ1) is 17.0. The molecule has 1 saturated heterocycles. The van der Waals surface area contributed by atoms with Crippen molar-refractivity contribution in [2.75, 3.05) is 31.6 Å². The minimum atomic E-state index is 0.545. The van der Waals surface area contributed by atoms with Crippen molar-refractivity contribution in [2.24, 2.45) is 5.73 Å². The number of hydrogen-bond donors (Lipinski definition) is 1. The van der Waals surface area contributed by atoms with Crippen molar-refractivity contribution >= 4 is 11.2 Å². The number of benzene rings is 1. The molecule has 3 heterocycles. The second-order valence-electron chi connectivity index (χ2n) is 7.26. The van der Waals surface area contributed by atoms with E-state index in [0.717, 1.165) is 36.4 Å². The summed E-state index contributed by atoms with van der Waals surface area (Å²) in [5.74, 6) is 0. The Hall–Kier alpha value is -2.44. The average Bonchev–Trinajstić information content (AvgIpc) is 3.08. The van der Waals surface area contributed by atoms with Gasteiger partial charge in [0.2, 0.25) is 0 Å². The number of rotatable bonds is 3. The molecule has 0 radical (unpaired) electrons. The fourth-order valence-corrected chi connectivity index (χ4v) is 3.67. The van der Waals surface area contributed by atoms with E-state index in [-0.39, 0.29) is 0 Å². The van der Waals surface area contributed by atoms with Gasteiger partial charge in [-0.05, 0) is 44.2 Å². The molecule has 3 aromatic rings. The molecule has 26 heavy (non-hydrogen) atoms. The Bertz CT molecular complexity index is 931. The summed E-state index contributed by atoms with van der Waals surface area (Å²) >= 11 is 0. The van der Waals surface area contributed by atoms with E-state index in [9.17, 15) is 0 Å². The molecule has 0 spiro atoms. The minimum Gasteiger partial charge on any atom is -0.367 e. The summed E-state index contributed by atoms with van der Waals surface area (Å²) in [6, 6.07) is 9.11. The molecule has 0 amide bonds. The zero-order valence-corrected chi connectivity index (χ0v) is 15.7. The van der Waals surface area contributed by atoms with Crippen LogP contribution in [0, 0.1) is 6.92 Å². The smallest absolute Gasteiger partial charge is 0.137 e. The van der Waals surface area contributed by atoms with Gasteiger partial charge in [-0.2, -0.15) is 5.10 Å². The molecule has 2 N–H and O–H groups in total. The Labute approximate surface area is 154 Å². The largest absolute Gasteiger partial charge is 0.367 e. The van der Waals surface area contributed by atoms with Crippen molar-refractivity contribution in [2.45, 2.75) is 26.4 Å². The first-order chi connectivity index (χ1) is 12.6. The lowest BCUT2D eigenvalue weighted by Crippen LogP contribution is -2.50. The maximum atomic E-state index is 5.80. The number of nitrogens with zero attached hydrogens (tertiary/aromatic N) is 5. The summed E-state index contributed by atoms with van der Waals surface area (Å²) in [5.41, 5.74) is 12.5. The van der Waals surface area contributed by atoms with Gasteiger partial charge in [0.15, 0.2) is 0 Å². The third-order valence-corrected chi connectivity index (χ3v) is 5.55. The number of nitrogens with two attached hydrogens (primary N) is 1. The van der Waals surface area contributed by atoms with Crippen molar-refractivity contribution < 1.29 is 0 Å². The fraction of sp³-hybridized carbons (Fsp3) is 0.400. The summed E-state index contributed by atoms with van der Waals surface area (Å²) in [6.45, 7) is 8.06. The van der Waals surface area contributed by atoms with Crippen LogP contribution in [0.2, 0.25) is 0 Å². The maximum Gasteiger partial charge on any atom is 0.137 e. The molecule has 6 nitrogen and oxygen atoms in total. The molecule has 1 fully saturated rings. The molecule has 1 unspecified atom stereocenters. The van der Waals surface area contributed by atoms with Gasteiger partial charge in [0.05, 0.1) is 23.1 Å². The molecular formula is C20H26N6.